The van der Waals surface area contributed by atoms with Gasteiger partial charge in [0.15, 0.2) is 0 Å². The smallest absolute Gasteiger partial charge is 0.0895 e. The second kappa shape index (κ2) is 7.94. The second-order valence-electron chi connectivity index (χ2n) is 2.42. The van der Waals surface area contributed by atoms with Crippen molar-refractivity contribution in [2.75, 3.05) is 33.4 Å². The van der Waals surface area contributed by atoms with E-state index in [1.165, 1.54) is 0 Å². The summed E-state index contributed by atoms with van der Waals surface area (Å²) in [5, 5.41) is 12.0. The summed E-state index contributed by atoms with van der Waals surface area (Å²) in [7, 11) is 1.90. The summed E-state index contributed by atoms with van der Waals surface area (Å²) in [6.07, 6.45) is 0.456. The molecule has 68 valence electrons. The predicted molar refractivity (Wildman–Crippen MR) is 44.4 cm³/mol. The van der Waals surface area contributed by atoms with Crippen molar-refractivity contribution in [3.63, 3.8) is 0 Å². The lowest BCUT2D eigenvalue weighted by Crippen LogP contribution is -2.25. The minimum absolute atomic E-state index is 0.270. The average Bonchev–Trinajstić information content (AvgIpc) is 2.04. The normalized spacial score (nSPS) is 13.4. The highest BCUT2D eigenvalue weighted by Crippen LogP contribution is 1.84. The predicted octanol–water partition coefficient (Wildman–Crippen LogP) is -1.07. The molecule has 0 amide bonds. The molecule has 0 aliphatic rings. The van der Waals surface area contributed by atoms with Crippen molar-refractivity contribution >= 4 is 0 Å². The largest absolute Gasteiger partial charge is 0.389 e. The number of rotatable bonds is 7. The molecule has 1 atom stereocenters. The summed E-state index contributed by atoms with van der Waals surface area (Å²) < 4.78 is 5.12. The van der Waals surface area contributed by atoms with E-state index in [-0.39, 0.29) is 6.54 Å². The third-order valence-corrected chi connectivity index (χ3v) is 1.30. The Kier molecular flexibility index (Phi) is 7.83. The molecular formula is C7H18N2O2. The van der Waals surface area contributed by atoms with Crippen LogP contribution in [0, 0.1) is 0 Å². The molecule has 0 aromatic carbocycles. The van der Waals surface area contributed by atoms with Crippen molar-refractivity contribution in [3.8, 4) is 0 Å². The van der Waals surface area contributed by atoms with E-state index in [1.807, 2.05) is 7.05 Å². The molecule has 0 aromatic heterocycles. The minimum Gasteiger partial charge on any atom is -0.389 e. The van der Waals surface area contributed by atoms with Crippen LogP contribution in [0.4, 0.5) is 0 Å². The van der Waals surface area contributed by atoms with Crippen LogP contribution in [0.5, 0.6) is 0 Å². The first kappa shape index (κ1) is 10.8. The van der Waals surface area contributed by atoms with E-state index in [2.05, 4.69) is 5.32 Å². The first-order valence-corrected chi connectivity index (χ1v) is 3.91. The van der Waals surface area contributed by atoms with E-state index in [9.17, 15) is 0 Å². The average molecular weight is 162 g/mol. The van der Waals surface area contributed by atoms with Gasteiger partial charge in [-0.3, -0.25) is 0 Å². The Morgan fingerprint density at radius 1 is 1.64 bits per heavy atom. The molecule has 0 aromatic rings. The first-order valence-electron chi connectivity index (χ1n) is 3.91. The molecule has 0 radical (unpaired) electrons. The van der Waals surface area contributed by atoms with Gasteiger partial charge in [0, 0.05) is 13.2 Å². The molecule has 0 aliphatic carbocycles. The standard InChI is InChI=1S/C7H18N2O2/c1-9-3-2-4-11-6-7(10)5-8/h7,9-10H,2-6,8H2,1H3. The number of aliphatic hydroxyl groups is 1. The topological polar surface area (TPSA) is 67.5 Å². The molecule has 0 heterocycles. The summed E-state index contributed by atoms with van der Waals surface area (Å²) in [4.78, 5) is 0. The van der Waals surface area contributed by atoms with Gasteiger partial charge < -0.3 is 20.9 Å². The maximum atomic E-state index is 8.95. The first-order chi connectivity index (χ1) is 5.31. The highest BCUT2D eigenvalue weighted by atomic mass is 16.5. The summed E-state index contributed by atoms with van der Waals surface area (Å²) in [6, 6.07) is 0. The summed E-state index contributed by atoms with van der Waals surface area (Å²) in [5.41, 5.74) is 5.17. The van der Waals surface area contributed by atoms with E-state index in [0.29, 0.717) is 13.2 Å². The maximum absolute atomic E-state index is 8.95. The zero-order valence-corrected chi connectivity index (χ0v) is 7.05. The van der Waals surface area contributed by atoms with Crippen LogP contribution in [-0.2, 0) is 4.74 Å². The molecule has 4 N–H and O–H groups in total. The lowest BCUT2D eigenvalue weighted by molar-refractivity contribution is 0.0405. The van der Waals surface area contributed by atoms with Crippen molar-refractivity contribution in [1.29, 1.82) is 0 Å². The third kappa shape index (κ3) is 7.74. The monoisotopic (exact) mass is 162 g/mol. The van der Waals surface area contributed by atoms with Gasteiger partial charge in [-0.25, -0.2) is 0 Å². The lowest BCUT2D eigenvalue weighted by Gasteiger charge is -2.07. The van der Waals surface area contributed by atoms with Crippen LogP contribution < -0.4 is 11.1 Å². The highest BCUT2D eigenvalue weighted by molar-refractivity contribution is 4.52. The Hall–Kier alpha value is -0.160. The van der Waals surface area contributed by atoms with Gasteiger partial charge >= 0.3 is 0 Å². The summed E-state index contributed by atoms with van der Waals surface area (Å²) >= 11 is 0. The second-order valence-corrected chi connectivity index (χ2v) is 2.42. The Balaban J connectivity index is 2.89. The molecule has 1 unspecified atom stereocenters. The molecule has 0 spiro atoms. The molecule has 4 nitrogen and oxygen atoms in total. The van der Waals surface area contributed by atoms with Crippen LogP contribution in [0.15, 0.2) is 0 Å². The fraction of sp³-hybridized carbons (Fsp3) is 1.00. The third-order valence-electron chi connectivity index (χ3n) is 1.30. The number of nitrogens with two attached hydrogens (primary N) is 1. The zero-order chi connectivity index (χ0) is 8.53. The van der Waals surface area contributed by atoms with Crippen LogP contribution in [0.25, 0.3) is 0 Å². The van der Waals surface area contributed by atoms with Crippen LogP contribution in [0.1, 0.15) is 6.42 Å². The van der Waals surface area contributed by atoms with E-state index in [1.54, 1.807) is 0 Å². The molecule has 0 saturated carbocycles. The fourth-order valence-electron chi connectivity index (χ4n) is 0.638. The highest BCUT2D eigenvalue weighted by Gasteiger charge is 1.98. The summed E-state index contributed by atoms with van der Waals surface area (Å²) in [5.74, 6) is 0. The number of ether oxygens (including phenoxy) is 1. The van der Waals surface area contributed by atoms with E-state index in [0.717, 1.165) is 13.0 Å². The van der Waals surface area contributed by atoms with Gasteiger partial charge in [-0.05, 0) is 20.0 Å². The number of hydrogen-bond donors (Lipinski definition) is 3. The van der Waals surface area contributed by atoms with Crippen molar-refractivity contribution < 1.29 is 9.84 Å². The number of nitrogens with one attached hydrogen (secondary N) is 1. The Morgan fingerprint density at radius 2 is 2.36 bits per heavy atom. The van der Waals surface area contributed by atoms with Crippen molar-refractivity contribution in [2.45, 2.75) is 12.5 Å². The van der Waals surface area contributed by atoms with Crippen molar-refractivity contribution in [2.24, 2.45) is 5.73 Å². The Labute approximate surface area is 67.7 Å². The van der Waals surface area contributed by atoms with Gasteiger partial charge in [-0.15, -0.1) is 0 Å². The quantitative estimate of drug-likeness (QED) is 0.417. The Bertz CT molecular complexity index is 80.8. The molecule has 4 heteroatoms. The number of aliphatic hydroxyl groups excluding tert-OH is 1. The van der Waals surface area contributed by atoms with Gasteiger partial charge in [0.2, 0.25) is 0 Å². The van der Waals surface area contributed by atoms with Crippen LogP contribution >= 0.6 is 0 Å². The molecule has 0 fully saturated rings. The van der Waals surface area contributed by atoms with Crippen LogP contribution in [0.3, 0.4) is 0 Å². The molecule has 0 rings (SSSR count). The van der Waals surface area contributed by atoms with Crippen LogP contribution in [0.2, 0.25) is 0 Å². The zero-order valence-electron chi connectivity index (χ0n) is 7.05. The van der Waals surface area contributed by atoms with E-state index in [4.69, 9.17) is 15.6 Å². The molecule has 0 saturated heterocycles. The van der Waals surface area contributed by atoms with Gasteiger partial charge in [-0.2, -0.15) is 0 Å². The van der Waals surface area contributed by atoms with Gasteiger partial charge in [0.05, 0.1) is 12.7 Å². The molecule has 0 aliphatic heterocycles. The maximum Gasteiger partial charge on any atom is 0.0895 e. The van der Waals surface area contributed by atoms with Crippen LogP contribution in [-0.4, -0.2) is 44.6 Å². The van der Waals surface area contributed by atoms with Gasteiger partial charge in [0.1, 0.15) is 0 Å². The fourth-order valence-corrected chi connectivity index (χ4v) is 0.638. The van der Waals surface area contributed by atoms with E-state index < -0.39 is 6.10 Å². The van der Waals surface area contributed by atoms with Gasteiger partial charge in [0.25, 0.3) is 0 Å². The molecule has 11 heavy (non-hydrogen) atoms. The summed E-state index contributed by atoms with van der Waals surface area (Å²) in [6.45, 7) is 2.24. The molecular weight excluding hydrogens is 144 g/mol. The molecule has 0 bridgehead atoms. The van der Waals surface area contributed by atoms with E-state index >= 15 is 0 Å². The van der Waals surface area contributed by atoms with Crippen molar-refractivity contribution in [3.05, 3.63) is 0 Å². The number of hydrogen-bond acceptors (Lipinski definition) is 4. The Morgan fingerprint density at radius 3 is 2.91 bits per heavy atom. The SMILES string of the molecule is CNCCCOCC(O)CN. The minimum atomic E-state index is -0.510. The van der Waals surface area contributed by atoms with Gasteiger partial charge in [-0.1, -0.05) is 0 Å². The lowest BCUT2D eigenvalue weighted by atomic mass is 10.4. The van der Waals surface area contributed by atoms with Crippen molar-refractivity contribution in [1.82, 2.24) is 5.32 Å².